The molecular formula is C86H50N6S. The summed E-state index contributed by atoms with van der Waals surface area (Å²) in [5.74, 6) is 0. The topological polar surface area (TPSA) is 67.3 Å². The standard InChI is InChI=1S/C86H50N6S/c87-51-70-81(89-72-40-18-11-33-60(72)61-34-12-19-41-73(61)89)82(90-74-42-20-13-35-62(74)63-36-14-21-43-75(63)90)71(52-88)84(83(70)91-76-44-22-15-37-64(76)65-38-16-23-45-77(65)91)92-78-50-55(58-31-8-7-29-56(58)53-25-3-1-4-26-53)49-69(59-32-10-9-30-57(59)54-27-5-2-6-28-54)80(78)68-48-47-67-66-39-17-24-46-79(66)93-86(67)85(68)92/h1-50H. The van der Waals surface area contributed by atoms with Gasteiger partial charge in [-0.2, -0.15) is 10.5 Å². The molecule has 0 bridgehead atoms. The highest BCUT2D eigenvalue weighted by Crippen LogP contribution is 2.53. The molecule has 5 aromatic heterocycles. The molecule has 0 spiro atoms. The maximum Gasteiger partial charge on any atom is 0.104 e. The van der Waals surface area contributed by atoms with Crippen LogP contribution in [0.3, 0.4) is 0 Å². The second kappa shape index (κ2) is 20.5. The van der Waals surface area contributed by atoms with Gasteiger partial charge < -0.3 is 18.3 Å². The monoisotopic (exact) mass is 1200 g/mol. The van der Waals surface area contributed by atoms with Crippen molar-refractivity contribution in [1.82, 2.24) is 18.3 Å². The Balaban J connectivity index is 1.12. The molecule has 19 aromatic rings. The number of rotatable bonds is 8. The molecule has 19 rings (SSSR count). The summed E-state index contributed by atoms with van der Waals surface area (Å²) in [5, 5.41) is 37.1. The molecule has 430 valence electrons. The van der Waals surface area contributed by atoms with Crippen LogP contribution in [0.25, 0.3) is 175 Å². The Bertz CT molecular complexity index is 6300. The molecular weight excluding hydrogens is 1150 g/mol. The van der Waals surface area contributed by atoms with Crippen LogP contribution in [0.15, 0.2) is 303 Å². The van der Waals surface area contributed by atoms with Gasteiger partial charge in [0.25, 0.3) is 0 Å². The third-order valence-corrected chi connectivity index (χ3v) is 20.4. The highest BCUT2D eigenvalue weighted by atomic mass is 32.1. The van der Waals surface area contributed by atoms with Crippen molar-refractivity contribution in [1.29, 1.82) is 10.5 Å². The fourth-order valence-corrected chi connectivity index (χ4v) is 16.7. The first-order chi connectivity index (χ1) is 46.1. The van der Waals surface area contributed by atoms with E-state index in [4.69, 9.17) is 0 Å². The van der Waals surface area contributed by atoms with Crippen molar-refractivity contribution in [2.24, 2.45) is 0 Å². The Morgan fingerprint density at radius 1 is 0.247 bits per heavy atom. The molecule has 0 saturated heterocycles. The van der Waals surface area contributed by atoms with Gasteiger partial charge in [-0.1, -0.05) is 249 Å². The average molecular weight is 1200 g/mol. The Morgan fingerprint density at radius 3 is 1.01 bits per heavy atom. The van der Waals surface area contributed by atoms with Crippen LogP contribution in [0.4, 0.5) is 0 Å². The molecule has 14 aromatic carbocycles. The van der Waals surface area contributed by atoms with Crippen LogP contribution in [0, 0.1) is 22.7 Å². The lowest BCUT2D eigenvalue weighted by Gasteiger charge is -2.27. The molecule has 7 heteroatoms. The minimum absolute atomic E-state index is 0.396. The van der Waals surface area contributed by atoms with Crippen molar-refractivity contribution in [2.75, 3.05) is 0 Å². The minimum atomic E-state index is 0.396. The fourth-order valence-electron chi connectivity index (χ4n) is 15.5. The van der Waals surface area contributed by atoms with E-state index in [-0.39, 0.29) is 0 Å². The molecule has 0 aliphatic heterocycles. The normalized spacial score (nSPS) is 11.8. The summed E-state index contributed by atoms with van der Waals surface area (Å²) in [6.07, 6.45) is 0. The van der Waals surface area contributed by atoms with Gasteiger partial charge in [-0.15, -0.1) is 11.3 Å². The van der Waals surface area contributed by atoms with Crippen molar-refractivity contribution in [2.45, 2.75) is 0 Å². The first-order valence-corrected chi connectivity index (χ1v) is 32.2. The van der Waals surface area contributed by atoms with Crippen LogP contribution < -0.4 is 0 Å². The van der Waals surface area contributed by atoms with Crippen LogP contribution in [0.1, 0.15) is 11.1 Å². The molecule has 0 unspecified atom stereocenters. The summed E-state index contributed by atoms with van der Waals surface area (Å²) in [6, 6.07) is 114. The van der Waals surface area contributed by atoms with E-state index in [0.717, 1.165) is 152 Å². The smallest absolute Gasteiger partial charge is 0.104 e. The van der Waals surface area contributed by atoms with E-state index in [1.165, 1.54) is 0 Å². The van der Waals surface area contributed by atoms with Crippen molar-refractivity contribution in [3.8, 4) is 79.4 Å². The molecule has 0 aliphatic rings. The number of hydrogen-bond acceptors (Lipinski definition) is 3. The van der Waals surface area contributed by atoms with Crippen molar-refractivity contribution in [3.05, 3.63) is 314 Å². The number of para-hydroxylation sites is 6. The van der Waals surface area contributed by atoms with Crippen LogP contribution in [-0.4, -0.2) is 18.3 Å². The van der Waals surface area contributed by atoms with E-state index < -0.39 is 0 Å². The number of fused-ring (bicyclic) bond motifs is 16. The summed E-state index contributed by atoms with van der Waals surface area (Å²) in [4.78, 5) is 0. The largest absolute Gasteiger partial charge is 0.306 e. The predicted molar refractivity (Wildman–Crippen MR) is 388 cm³/mol. The van der Waals surface area contributed by atoms with Crippen molar-refractivity contribution < 1.29 is 0 Å². The number of benzene rings is 14. The third kappa shape index (κ3) is 7.54. The lowest BCUT2D eigenvalue weighted by atomic mass is 9.88. The SMILES string of the molecule is N#Cc1c(-n2c3ccccc3c3ccccc32)c(-n2c3ccccc3c3ccccc32)c(C#N)c(-n2c3cc(-c4ccccc4-c4ccccc4)cc(-c4ccccc4-c4ccccc4)c3c3ccc4c5ccccc5sc4c32)c1-n1c2ccccc2c2ccccc21. The molecule has 0 fully saturated rings. The van der Waals surface area contributed by atoms with Crippen molar-refractivity contribution >= 4 is 119 Å². The van der Waals surface area contributed by atoms with Crippen molar-refractivity contribution in [3.63, 3.8) is 0 Å². The molecule has 0 N–H and O–H groups in total. The molecule has 93 heavy (non-hydrogen) atoms. The summed E-state index contributed by atoms with van der Waals surface area (Å²) >= 11 is 1.77. The number of nitriles is 2. The van der Waals surface area contributed by atoms with Gasteiger partial charge in [0, 0.05) is 58.6 Å². The maximum absolute atomic E-state index is 13.4. The molecule has 0 saturated carbocycles. The van der Waals surface area contributed by atoms with Gasteiger partial charge in [0.15, 0.2) is 0 Å². The van der Waals surface area contributed by atoms with Crippen LogP contribution >= 0.6 is 11.3 Å². The van der Waals surface area contributed by atoms with E-state index in [1.54, 1.807) is 11.3 Å². The van der Waals surface area contributed by atoms with Crippen LogP contribution in [0.2, 0.25) is 0 Å². The van der Waals surface area contributed by atoms with Crippen LogP contribution in [-0.2, 0) is 0 Å². The molecule has 0 radical (unpaired) electrons. The molecule has 0 aliphatic carbocycles. The summed E-state index contributed by atoms with van der Waals surface area (Å²) in [5.41, 5.74) is 19.0. The van der Waals surface area contributed by atoms with Gasteiger partial charge in [-0.3, -0.25) is 0 Å². The van der Waals surface area contributed by atoms with E-state index in [0.29, 0.717) is 33.9 Å². The second-order valence-electron chi connectivity index (χ2n) is 24.0. The lowest BCUT2D eigenvalue weighted by molar-refractivity contribution is 1.03. The zero-order valence-corrected chi connectivity index (χ0v) is 50.8. The maximum atomic E-state index is 13.4. The molecule has 0 amide bonds. The molecule has 5 heterocycles. The zero-order chi connectivity index (χ0) is 61.4. The average Bonchev–Trinajstić information content (AvgIpc) is 1.56. The highest BCUT2D eigenvalue weighted by Gasteiger charge is 2.36. The first kappa shape index (κ1) is 52.4. The van der Waals surface area contributed by atoms with Gasteiger partial charge >= 0.3 is 0 Å². The summed E-state index contributed by atoms with van der Waals surface area (Å²) in [6.45, 7) is 0. The highest BCUT2D eigenvalue weighted by molar-refractivity contribution is 7.26. The van der Waals surface area contributed by atoms with E-state index in [9.17, 15) is 10.5 Å². The van der Waals surface area contributed by atoms with Crippen LogP contribution in [0.5, 0.6) is 0 Å². The second-order valence-corrected chi connectivity index (χ2v) is 25.0. The molecule has 0 atom stereocenters. The number of aromatic nitrogens is 4. The Kier molecular flexibility index (Phi) is 11.6. The van der Waals surface area contributed by atoms with E-state index in [2.05, 4.69) is 334 Å². The summed E-state index contributed by atoms with van der Waals surface area (Å²) in [7, 11) is 0. The first-order valence-electron chi connectivity index (χ1n) is 31.4. The Morgan fingerprint density at radius 2 is 0.581 bits per heavy atom. The number of thiophene rings is 1. The quantitative estimate of drug-likeness (QED) is 0.152. The van der Waals surface area contributed by atoms with Gasteiger partial charge in [0.2, 0.25) is 0 Å². The van der Waals surface area contributed by atoms with Gasteiger partial charge in [-0.25, -0.2) is 0 Å². The Labute approximate surface area is 538 Å². The predicted octanol–water partition coefficient (Wildman–Crippen LogP) is 22.9. The zero-order valence-electron chi connectivity index (χ0n) is 50.0. The fraction of sp³-hybridized carbons (Fsp3) is 0. The number of hydrogen-bond donors (Lipinski definition) is 0. The third-order valence-electron chi connectivity index (χ3n) is 19.3. The van der Waals surface area contributed by atoms with Gasteiger partial charge in [0.1, 0.15) is 23.3 Å². The Hall–Kier alpha value is -12.5. The number of nitrogens with zero attached hydrogens (tertiary/aromatic N) is 6. The van der Waals surface area contributed by atoms with E-state index in [1.807, 2.05) is 0 Å². The van der Waals surface area contributed by atoms with Gasteiger partial charge in [-0.05, 0) is 99.1 Å². The molecule has 6 nitrogen and oxygen atoms in total. The van der Waals surface area contributed by atoms with E-state index >= 15 is 0 Å². The van der Waals surface area contributed by atoms with Gasteiger partial charge in [0.05, 0.1) is 71.6 Å². The summed E-state index contributed by atoms with van der Waals surface area (Å²) < 4.78 is 11.5. The minimum Gasteiger partial charge on any atom is -0.306 e. The lowest BCUT2D eigenvalue weighted by Crippen LogP contribution is -2.16.